The van der Waals surface area contributed by atoms with Gasteiger partial charge < -0.3 is 4.74 Å². The number of benzene rings is 2. The highest BCUT2D eigenvalue weighted by Crippen LogP contribution is 2.36. The van der Waals surface area contributed by atoms with Crippen LogP contribution in [0.3, 0.4) is 0 Å². The van der Waals surface area contributed by atoms with Crippen molar-refractivity contribution >= 4 is 0 Å². The molecule has 7 nitrogen and oxygen atoms in total. The Kier molecular flexibility index (Phi) is 6.07. The Morgan fingerprint density at radius 3 is 2.47 bits per heavy atom. The van der Waals surface area contributed by atoms with Crippen LogP contribution >= 0.6 is 0 Å². The van der Waals surface area contributed by atoms with E-state index in [1.807, 2.05) is 30.3 Å². The predicted molar refractivity (Wildman–Crippen MR) is 113 cm³/mol. The van der Waals surface area contributed by atoms with E-state index >= 15 is 0 Å². The molecule has 0 bridgehead atoms. The van der Waals surface area contributed by atoms with Crippen LogP contribution < -0.4 is 5.69 Å². The number of rotatable bonds is 7. The van der Waals surface area contributed by atoms with Crippen molar-refractivity contribution in [1.82, 2.24) is 20.1 Å². The number of hydrogen-bond acceptors (Lipinski definition) is 5. The fourth-order valence-corrected chi connectivity index (χ4v) is 4.08. The molecule has 30 heavy (non-hydrogen) atoms. The summed E-state index contributed by atoms with van der Waals surface area (Å²) in [6.45, 7) is 3.62. The van der Waals surface area contributed by atoms with Gasteiger partial charge in [-0.15, -0.1) is 0 Å². The van der Waals surface area contributed by atoms with Gasteiger partial charge in [-0.2, -0.15) is 10.4 Å². The maximum Gasteiger partial charge on any atom is 0.340 e. The predicted octanol–water partition coefficient (Wildman–Crippen LogP) is 2.72. The smallest absolute Gasteiger partial charge is 0.340 e. The van der Waals surface area contributed by atoms with Crippen LogP contribution in [0.2, 0.25) is 0 Å². The minimum Gasteiger partial charge on any atom is -0.376 e. The van der Waals surface area contributed by atoms with Gasteiger partial charge >= 0.3 is 5.69 Å². The monoisotopic (exact) mass is 403 g/mol. The number of piperidine rings is 1. The third-order valence-electron chi connectivity index (χ3n) is 5.85. The van der Waals surface area contributed by atoms with Gasteiger partial charge in [0.05, 0.1) is 31.4 Å². The van der Waals surface area contributed by atoms with Gasteiger partial charge in [0.15, 0.2) is 0 Å². The lowest BCUT2D eigenvalue weighted by molar-refractivity contribution is 0.0342. The maximum absolute atomic E-state index is 11.3. The molecule has 1 aliphatic heterocycles. The zero-order valence-corrected chi connectivity index (χ0v) is 16.8. The Hall–Kier alpha value is -3.21. The second-order valence-corrected chi connectivity index (χ2v) is 7.85. The molecule has 0 atom stereocenters. The summed E-state index contributed by atoms with van der Waals surface area (Å²) < 4.78 is 6.18. The van der Waals surface area contributed by atoms with Crippen molar-refractivity contribution in [2.75, 3.05) is 19.7 Å². The summed E-state index contributed by atoms with van der Waals surface area (Å²) in [6, 6.07) is 20.3. The van der Waals surface area contributed by atoms with E-state index in [9.17, 15) is 4.79 Å². The number of aromatic amines is 2. The lowest BCUT2D eigenvalue weighted by Crippen LogP contribution is -2.45. The average Bonchev–Trinajstić information content (AvgIpc) is 3.20. The van der Waals surface area contributed by atoms with E-state index in [2.05, 4.69) is 50.4 Å². The summed E-state index contributed by atoms with van der Waals surface area (Å²) in [4.78, 5) is 16.3. The van der Waals surface area contributed by atoms with Gasteiger partial charge in [-0.05, 0) is 49.2 Å². The van der Waals surface area contributed by atoms with Gasteiger partial charge in [-0.25, -0.2) is 9.89 Å². The molecule has 0 saturated carbocycles. The van der Waals surface area contributed by atoms with E-state index in [1.165, 1.54) is 5.56 Å². The molecule has 1 saturated heterocycles. The largest absolute Gasteiger partial charge is 0.376 e. The molecule has 0 spiro atoms. The fourth-order valence-electron chi connectivity index (χ4n) is 4.08. The highest BCUT2D eigenvalue weighted by molar-refractivity contribution is 5.31. The summed E-state index contributed by atoms with van der Waals surface area (Å²) >= 11 is 0. The summed E-state index contributed by atoms with van der Waals surface area (Å²) in [5.74, 6) is 0.671. The first-order valence-corrected chi connectivity index (χ1v) is 10.2. The molecule has 7 heteroatoms. The topological polar surface area (TPSA) is 97.8 Å². The van der Waals surface area contributed by atoms with Gasteiger partial charge in [0.2, 0.25) is 0 Å². The van der Waals surface area contributed by atoms with Crippen LogP contribution in [0.5, 0.6) is 0 Å². The Balaban J connectivity index is 1.41. The third kappa shape index (κ3) is 4.67. The number of hydrogen-bond donors (Lipinski definition) is 2. The normalized spacial score (nSPS) is 16.2. The molecule has 0 amide bonds. The molecule has 2 aromatic carbocycles. The minimum absolute atomic E-state index is 0.0384. The molecule has 0 aliphatic carbocycles. The Morgan fingerprint density at radius 2 is 1.83 bits per heavy atom. The van der Waals surface area contributed by atoms with E-state index in [4.69, 9.17) is 10.00 Å². The van der Waals surface area contributed by atoms with Crippen LogP contribution in [0, 0.1) is 11.3 Å². The highest BCUT2D eigenvalue weighted by atomic mass is 16.5. The fraction of sp³-hybridized carbons (Fsp3) is 0.348. The number of H-pyrrole nitrogens is 2. The zero-order chi connectivity index (χ0) is 20.8. The standard InChI is InChI=1S/C23H25N5O2/c24-14-18-6-8-19(9-7-18)16-30-17-23(20-4-2-1-3-5-20)10-12-28(13-11-23)15-21-25-22(29)27-26-21/h1-9H,10-13,15-17H2,(H2,25,26,27,29). The van der Waals surface area contributed by atoms with Gasteiger partial charge in [0.25, 0.3) is 0 Å². The number of aromatic nitrogens is 3. The second-order valence-electron chi connectivity index (χ2n) is 7.85. The molecule has 0 radical (unpaired) electrons. The molecule has 0 unspecified atom stereocenters. The summed E-state index contributed by atoms with van der Waals surface area (Å²) in [5, 5.41) is 15.4. The van der Waals surface area contributed by atoms with E-state index < -0.39 is 0 Å². The Labute approximate surface area is 175 Å². The van der Waals surface area contributed by atoms with E-state index in [1.54, 1.807) is 0 Å². The van der Waals surface area contributed by atoms with Gasteiger partial charge in [0, 0.05) is 5.41 Å². The first-order chi connectivity index (χ1) is 14.7. The first-order valence-electron chi connectivity index (χ1n) is 10.2. The summed E-state index contributed by atoms with van der Waals surface area (Å²) in [6.07, 6.45) is 1.94. The van der Waals surface area contributed by atoms with E-state index in [0.29, 0.717) is 31.1 Å². The van der Waals surface area contributed by atoms with E-state index in [0.717, 1.165) is 31.5 Å². The molecule has 1 fully saturated rings. The molecular formula is C23H25N5O2. The molecule has 4 rings (SSSR count). The van der Waals surface area contributed by atoms with Crippen LogP contribution in [0.4, 0.5) is 0 Å². The molecule has 1 aliphatic rings. The van der Waals surface area contributed by atoms with Gasteiger partial charge in [-0.3, -0.25) is 9.88 Å². The summed E-state index contributed by atoms with van der Waals surface area (Å²) in [5.41, 5.74) is 2.72. The van der Waals surface area contributed by atoms with Crippen molar-refractivity contribution in [2.24, 2.45) is 0 Å². The zero-order valence-electron chi connectivity index (χ0n) is 16.8. The van der Waals surface area contributed by atoms with Crippen molar-refractivity contribution < 1.29 is 4.74 Å². The highest BCUT2D eigenvalue weighted by Gasteiger charge is 2.36. The Morgan fingerprint density at radius 1 is 1.10 bits per heavy atom. The Bertz CT molecular complexity index is 1040. The van der Waals surface area contributed by atoms with Crippen LogP contribution in [-0.4, -0.2) is 39.8 Å². The van der Waals surface area contributed by atoms with Crippen molar-refractivity contribution in [1.29, 1.82) is 5.26 Å². The minimum atomic E-state index is -0.267. The van der Waals surface area contributed by atoms with Crippen LogP contribution in [0.1, 0.15) is 35.4 Å². The number of nitrogens with one attached hydrogen (secondary N) is 2. The van der Waals surface area contributed by atoms with E-state index in [-0.39, 0.29) is 11.1 Å². The van der Waals surface area contributed by atoms with Crippen molar-refractivity contribution in [3.63, 3.8) is 0 Å². The molecule has 3 aromatic rings. The molecule has 2 heterocycles. The SMILES string of the molecule is N#Cc1ccc(COCC2(c3ccccc3)CCN(Cc3n[nH]c(=O)[nH]3)CC2)cc1. The quantitative estimate of drug-likeness (QED) is 0.632. The lowest BCUT2D eigenvalue weighted by atomic mass is 9.73. The summed E-state index contributed by atoms with van der Waals surface area (Å²) in [7, 11) is 0. The second kappa shape index (κ2) is 9.08. The van der Waals surface area contributed by atoms with Crippen LogP contribution in [-0.2, 0) is 23.3 Å². The maximum atomic E-state index is 11.3. The van der Waals surface area contributed by atoms with Gasteiger partial charge in [0.1, 0.15) is 5.82 Å². The number of nitriles is 1. The van der Waals surface area contributed by atoms with Crippen molar-refractivity contribution in [3.05, 3.63) is 87.6 Å². The van der Waals surface area contributed by atoms with Gasteiger partial charge in [-0.1, -0.05) is 42.5 Å². The molecular weight excluding hydrogens is 378 g/mol. The third-order valence-corrected chi connectivity index (χ3v) is 5.85. The van der Waals surface area contributed by atoms with Crippen molar-refractivity contribution in [3.8, 4) is 6.07 Å². The molecule has 154 valence electrons. The van der Waals surface area contributed by atoms with Crippen LogP contribution in [0.25, 0.3) is 0 Å². The average molecular weight is 403 g/mol. The number of ether oxygens (including phenoxy) is 1. The molecule has 2 N–H and O–H groups in total. The number of nitrogens with zero attached hydrogens (tertiary/aromatic N) is 3. The van der Waals surface area contributed by atoms with Crippen LogP contribution in [0.15, 0.2) is 59.4 Å². The number of likely N-dealkylation sites (tertiary alicyclic amines) is 1. The lowest BCUT2D eigenvalue weighted by Gasteiger charge is -2.42. The molecule has 1 aromatic heterocycles. The first kappa shape index (κ1) is 20.1. The van der Waals surface area contributed by atoms with Crippen molar-refractivity contribution in [2.45, 2.75) is 31.4 Å².